The number of ether oxygens (including phenoxy) is 1. The van der Waals surface area contributed by atoms with Crippen molar-refractivity contribution in [2.24, 2.45) is 7.05 Å². The van der Waals surface area contributed by atoms with Gasteiger partial charge in [-0.1, -0.05) is 13.8 Å². The maximum atomic E-state index is 14.2. The van der Waals surface area contributed by atoms with Crippen LogP contribution in [0.15, 0.2) is 16.9 Å². The molecule has 22 heavy (non-hydrogen) atoms. The first-order valence-corrected chi connectivity index (χ1v) is 6.95. The number of rotatable bonds is 5. The van der Waals surface area contributed by atoms with Gasteiger partial charge in [0.05, 0.1) is 6.10 Å². The fraction of sp³-hybridized carbons (Fsp3) is 0.500. The molecule has 120 valence electrons. The minimum Gasteiger partial charge on any atom is -0.489 e. The molecule has 0 aliphatic carbocycles. The Hall–Kier alpha value is -2.22. The molecule has 0 amide bonds. The van der Waals surface area contributed by atoms with E-state index in [-0.39, 0.29) is 18.3 Å². The molecule has 7 nitrogen and oxygen atoms in total. The number of halogens is 1. The number of hydrogen-bond donors (Lipinski definition) is 1. The number of nitrogens with zero attached hydrogens (tertiary/aromatic N) is 4. The molecule has 0 unspecified atom stereocenters. The highest BCUT2D eigenvalue weighted by molar-refractivity contribution is 5.49. The zero-order chi connectivity index (χ0) is 16.4. The van der Waals surface area contributed by atoms with Crippen LogP contribution >= 0.6 is 0 Å². The summed E-state index contributed by atoms with van der Waals surface area (Å²) < 4.78 is 21.7. The van der Waals surface area contributed by atoms with Crippen molar-refractivity contribution < 1.29 is 14.2 Å². The summed E-state index contributed by atoms with van der Waals surface area (Å²) in [6.45, 7) is 5.21. The average Bonchev–Trinajstić information content (AvgIpc) is 2.76. The summed E-state index contributed by atoms with van der Waals surface area (Å²) in [6.07, 6.45) is -0.723. The van der Waals surface area contributed by atoms with Crippen molar-refractivity contribution in [3.05, 3.63) is 34.0 Å². The summed E-state index contributed by atoms with van der Waals surface area (Å²) in [7, 11) is 1.47. The zero-order valence-corrected chi connectivity index (χ0v) is 12.9. The highest BCUT2D eigenvalue weighted by atomic mass is 19.1. The standard InChI is InChI=1S/C14H19FN4O3/c1-8(2)10-5-12(19-14(21)18(4)16-17-19)13(6-11(10)15)22-7-9(3)20/h5-6,8-9,20H,7H2,1-4H3/t9-/m0/s1. The molecule has 0 bridgehead atoms. The lowest BCUT2D eigenvalue weighted by molar-refractivity contribution is 0.122. The quantitative estimate of drug-likeness (QED) is 0.890. The second-order valence-electron chi connectivity index (χ2n) is 5.45. The van der Waals surface area contributed by atoms with Crippen LogP contribution in [-0.2, 0) is 7.05 Å². The first-order valence-electron chi connectivity index (χ1n) is 6.95. The number of tetrazole rings is 1. The van der Waals surface area contributed by atoms with Crippen LogP contribution in [0.4, 0.5) is 4.39 Å². The number of aliphatic hydroxyl groups is 1. The number of aryl methyl sites for hydroxylation is 1. The van der Waals surface area contributed by atoms with E-state index < -0.39 is 17.6 Å². The van der Waals surface area contributed by atoms with Gasteiger partial charge < -0.3 is 9.84 Å². The fourth-order valence-electron chi connectivity index (χ4n) is 1.96. The molecule has 8 heteroatoms. The van der Waals surface area contributed by atoms with E-state index in [1.54, 1.807) is 6.92 Å². The minimum atomic E-state index is -0.723. The van der Waals surface area contributed by atoms with Crippen molar-refractivity contribution >= 4 is 0 Å². The maximum absolute atomic E-state index is 14.2. The van der Waals surface area contributed by atoms with Gasteiger partial charge in [-0.25, -0.2) is 9.18 Å². The molecular formula is C14H19FN4O3. The largest absolute Gasteiger partial charge is 0.489 e. The number of hydrogen-bond acceptors (Lipinski definition) is 5. The van der Waals surface area contributed by atoms with Crippen molar-refractivity contribution in [1.29, 1.82) is 0 Å². The van der Waals surface area contributed by atoms with Crippen LogP contribution in [0.5, 0.6) is 5.75 Å². The van der Waals surface area contributed by atoms with Crippen molar-refractivity contribution in [1.82, 2.24) is 19.8 Å². The van der Waals surface area contributed by atoms with Gasteiger partial charge in [0.2, 0.25) is 0 Å². The third kappa shape index (κ3) is 3.16. The molecule has 0 aliphatic rings. The molecule has 2 rings (SSSR count). The normalized spacial score (nSPS) is 12.7. The van der Waals surface area contributed by atoms with Crippen LogP contribution in [0.1, 0.15) is 32.3 Å². The van der Waals surface area contributed by atoms with Gasteiger partial charge in [0.1, 0.15) is 23.9 Å². The third-order valence-corrected chi connectivity index (χ3v) is 3.13. The Bertz CT molecular complexity index is 721. The summed E-state index contributed by atoms with van der Waals surface area (Å²) in [6, 6.07) is 2.72. The lowest BCUT2D eigenvalue weighted by Crippen LogP contribution is -2.23. The van der Waals surface area contributed by atoms with E-state index >= 15 is 0 Å². The molecule has 1 aromatic heterocycles. The lowest BCUT2D eigenvalue weighted by Gasteiger charge is -2.15. The van der Waals surface area contributed by atoms with Crippen LogP contribution in [0.25, 0.3) is 5.69 Å². The van der Waals surface area contributed by atoms with Crippen molar-refractivity contribution in [3.8, 4) is 11.4 Å². The second kappa shape index (κ2) is 6.27. The van der Waals surface area contributed by atoms with E-state index in [1.165, 1.54) is 19.2 Å². The smallest absolute Gasteiger partial charge is 0.368 e. The maximum Gasteiger partial charge on any atom is 0.368 e. The van der Waals surface area contributed by atoms with Crippen LogP contribution in [0.2, 0.25) is 0 Å². The van der Waals surface area contributed by atoms with Gasteiger partial charge in [0, 0.05) is 13.1 Å². The Balaban J connectivity index is 2.59. The molecule has 2 aromatic rings. The van der Waals surface area contributed by atoms with Gasteiger partial charge >= 0.3 is 5.69 Å². The summed E-state index contributed by atoms with van der Waals surface area (Å²) in [4.78, 5) is 12.0. The highest BCUT2D eigenvalue weighted by Crippen LogP contribution is 2.29. The van der Waals surface area contributed by atoms with Gasteiger partial charge in [-0.2, -0.15) is 9.36 Å². The average molecular weight is 310 g/mol. The summed E-state index contributed by atoms with van der Waals surface area (Å²) in [5.41, 5.74) is 0.268. The molecule has 0 saturated carbocycles. The lowest BCUT2D eigenvalue weighted by atomic mass is 10.0. The Kier molecular flexibility index (Phi) is 4.60. The van der Waals surface area contributed by atoms with Crippen molar-refractivity contribution in [3.63, 3.8) is 0 Å². The van der Waals surface area contributed by atoms with E-state index in [2.05, 4.69) is 10.4 Å². The molecule has 0 aliphatic heterocycles. The first-order chi connectivity index (χ1) is 10.3. The van der Waals surface area contributed by atoms with Crippen LogP contribution in [0.3, 0.4) is 0 Å². The molecule has 1 heterocycles. The monoisotopic (exact) mass is 310 g/mol. The molecule has 1 aromatic carbocycles. The molecule has 0 radical (unpaired) electrons. The summed E-state index contributed by atoms with van der Waals surface area (Å²) in [5, 5.41) is 16.7. The second-order valence-corrected chi connectivity index (χ2v) is 5.45. The Labute approximate surface area is 126 Å². The third-order valence-electron chi connectivity index (χ3n) is 3.13. The van der Waals surface area contributed by atoms with E-state index in [0.29, 0.717) is 11.3 Å². The van der Waals surface area contributed by atoms with Crippen LogP contribution < -0.4 is 10.4 Å². The van der Waals surface area contributed by atoms with Gasteiger partial charge in [-0.15, -0.1) is 0 Å². The molecular weight excluding hydrogens is 291 g/mol. The van der Waals surface area contributed by atoms with E-state index in [4.69, 9.17) is 4.74 Å². The van der Waals surface area contributed by atoms with Crippen LogP contribution in [-0.4, -0.2) is 37.6 Å². The Morgan fingerprint density at radius 1 is 1.32 bits per heavy atom. The Morgan fingerprint density at radius 2 is 2.00 bits per heavy atom. The zero-order valence-electron chi connectivity index (χ0n) is 12.9. The first kappa shape index (κ1) is 16.2. The molecule has 0 fully saturated rings. The van der Waals surface area contributed by atoms with Crippen LogP contribution in [0, 0.1) is 5.82 Å². The fourth-order valence-corrected chi connectivity index (χ4v) is 1.96. The summed E-state index contributed by atoms with van der Waals surface area (Å²) >= 11 is 0. The van der Waals surface area contributed by atoms with Crippen molar-refractivity contribution in [2.45, 2.75) is 32.8 Å². The Morgan fingerprint density at radius 3 is 2.50 bits per heavy atom. The van der Waals surface area contributed by atoms with Gasteiger partial charge in [-0.05, 0) is 34.9 Å². The topological polar surface area (TPSA) is 82.2 Å². The predicted molar refractivity (Wildman–Crippen MR) is 77.8 cm³/mol. The van der Waals surface area contributed by atoms with E-state index in [1.807, 2.05) is 13.8 Å². The van der Waals surface area contributed by atoms with E-state index in [9.17, 15) is 14.3 Å². The number of aromatic nitrogens is 4. The SMILES string of the molecule is CC(C)c1cc(-n2nnn(C)c2=O)c(OC[C@H](C)O)cc1F. The molecule has 0 spiro atoms. The van der Waals surface area contributed by atoms with Gasteiger partial charge in [-0.3, -0.25) is 0 Å². The minimum absolute atomic E-state index is 0.0253. The number of benzene rings is 1. The predicted octanol–water partition coefficient (Wildman–Crippen LogP) is 0.988. The molecule has 1 atom stereocenters. The molecule has 0 saturated heterocycles. The van der Waals surface area contributed by atoms with E-state index in [0.717, 1.165) is 9.36 Å². The number of aliphatic hydroxyl groups excluding tert-OH is 1. The van der Waals surface area contributed by atoms with Gasteiger partial charge in [0.15, 0.2) is 0 Å². The van der Waals surface area contributed by atoms with Crippen molar-refractivity contribution in [2.75, 3.05) is 6.61 Å². The molecule has 1 N–H and O–H groups in total. The summed E-state index contributed by atoms with van der Waals surface area (Å²) in [5.74, 6) is -0.376. The van der Waals surface area contributed by atoms with Gasteiger partial charge in [0.25, 0.3) is 0 Å². The highest BCUT2D eigenvalue weighted by Gasteiger charge is 2.18.